The van der Waals surface area contributed by atoms with Crippen LogP contribution in [0, 0.1) is 23.7 Å². The van der Waals surface area contributed by atoms with Gasteiger partial charge in [-0.05, 0) is 89.8 Å². The lowest BCUT2D eigenvalue weighted by Gasteiger charge is -2.49. The van der Waals surface area contributed by atoms with Gasteiger partial charge in [-0.15, -0.1) is 0 Å². The van der Waals surface area contributed by atoms with E-state index in [0.29, 0.717) is 38.6 Å². The summed E-state index contributed by atoms with van der Waals surface area (Å²) in [4.78, 5) is 0. The molecule has 0 radical (unpaired) electrons. The summed E-state index contributed by atoms with van der Waals surface area (Å²) >= 11 is 0. The lowest BCUT2D eigenvalue weighted by atomic mass is 9.55. The standard InChI is InChI=1S/C41H60O9/c1-40(2,34-14-26(20-45-4)37(42)27(15-34)21-46-5)32-10-12-33(13-11-32)41(3,35-16-28(22-47-6)38(43)29(17-35)23-48-7)36-18-30(24-49-8)39(44)31(19-36)25-50-9/h10,12,14-17,30,32-33,36,42-44H,11,13,18-25H2,1-9H3. The van der Waals surface area contributed by atoms with Crippen LogP contribution in [0.25, 0.3) is 0 Å². The van der Waals surface area contributed by atoms with Crippen molar-refractivity contribution in [3.05, 3.63) is 81.1 Å². The summed E-state index contributed by atoms with van der Waals surface area (Å²) < 4.78 is 33.1. The zero-order valence-corrected chi connectivity index (χ0v) is 31.6. The van der Waals surface area contributed by atoms with Crippen molar-refractivity contribution in [2.75, 3.05) is 55.9 Å². The van der Waals surface area contributed by atoms with Gasteiger partial charge in [0.05, 0.1) is 45.4 Å². The number of aliphatic hydroxyl groups excluding tert-OH is 1. The van der Waals surface area contributed by atoms with Crippen molar-refractivity contribution in [2.24, 2.45) is 23.7 Å². The van der Waals surface area contributed by atoms with Gasteiger partial charge in [-0.25, -0.2) is 0 Å². The molecule has 0 fully saturated rings. The zero-order valence-electron chi connectivity index (χ0n) is 31.6. The molecule has 2 aliphatic carbocycles. The predicted molar refractivity (Wildman–Crippen MR) is 194 cm³/mol. The summed E-state index contributed by atoms with van der Waals surface area (Å²) in [7, 11) is 9.89. The van der Waals surface area contributed by atoms with Gasteiger partial charge >= 0.3 is 0 Å². The highest BCUT2D eigenvalue weighted by Gasteiger charge is 2.47. The highest BCUT2D eigenvalue weighted by atomic mass is 16.5. The second kappa shape index (κ2) is 17.5. The van der Waals surface area contributed by atoms with Gasteiger partial charge in [0.2, 0.25) is 0 Å². The molecule has 3 N–H and O–H groups in total. The molecule has 5 unspecified atom stereocenters. The van der Waals surface area contributed by atoms with Gasteiger partial charge in [-0.3, -0.25) is 0 Å². The van der Waals surface area contributed by atoms with Crippen LogP contribution in [0.4, 0.5) is 0 Å². The minimum atomic E-state index is -0.383. The summed E-state index contributed by atoms with van der Waals surface area (Å²) in [6, 6.07) is 8.35. The number of phenols is 2. The first-order chi connectivity index (χ1) is 23.9. The van der Waals surface area contributed by atoms with E-state index in [2.05, 4.69) is 57.2 Å². The van der Waals surface area contributed by atoms with E-state index in [4.69, 9.17) is 28.4 Å². The van der Waals surface area contributed by atoms with Crippen molar-refractivity contribution in [3.8, 4) is 11.5 Å². The van der Waals surface area contributed by atoms with Crippen molar-refractivity contribution in [1.29, 1.82) is 0 Å². The molecule has 0 saturated heterocycles. The molecule has 2 aromatic rings. The van der Waals surface area contributed by atoms with Crippen LogP contribution in [-0.2, 0) is 65.7 Å². The van der Waals surface area contributed by atoms with E-state index in [9.17, 15) is 15.3 Å². The van der Waals surface area contributed by atoms with Gasteiger partial charge in [0.25, 0.3) is 0 Å². The molecule has 0 saturated carbocycles. The molecule has 0 aromatic heterocycles. The number of aromatic hydroxyl groups is 2. The molecule has 5 atom stereocenters. The van der Waals surface area contributed by atoms with Crippen LogP contribution >= 0.6 is 0 Å². The lowest BCUT2D eigenvalue weighted by molar-refractivity contribution is 0.0811. The second-order valence-corrected chi connectivity index (χ2v) is 14.9. The Balaban J connectivity index is 1.82. The van der Waals surface area contributed by atoms with E-state index in [1.807, 2.05) is 0 Å². The smallest absolute Gasteiger partial charge is 0.126 e. The maximum absolute atomic E-state index is 11.3. The number of allylic oxidation sites excluding steroid dienone is 2. The third kappa shape index (κ3) is 8.24. The molecule has 0 bridgehead atoms. The quantitative estimate of drug-likeness (QED) is 0.144. The molecule has 50 heavy (non-hydrogen) atoms. The summed E-state index contributed by atoms with van der Waals surface area (Å²) in [5.74, 6) is 1.21. The van der Waals surface area contributed by atoms with Gasteiger partial charge in [-0.1, -0.05) is 32.9 Å². The highest BCUT2D eigenvalue weighted by Crippen LogP contribution is 2.53. The van der Waals surface area contributed by atoms with Gasteiger partial charge in [0.1, 0.15) is 11.5 Å². The van der Waals surface area contributed by atoms with Crippen LogP contribution in [0.5, 0.6) is 11.5 Å². The second-order valence-electron chi connectivity index (χ2n) is 14.9. The molecular formula is C41H60O9. The Labute approximate surface area is 299 Å². The number of benzene rings is 2. The van der Waals surface area contributed by atoms with E-state index in [0.717, 1.165) is 58.2 Å². The SMILES string of the molecule is COCC1=C(O)C(COC)CC(C(C)(c2cc(COC)c(O)c(COC)c2)C2C=CC(C(C)(C)c3cc(COC)c(O)c(COC)c3)CC2)C1. The molecule has 9 nitrogen and oxygen atoms in total. The molecule has 0 heterocycles. The van der Waals surface area contributed by atoms with Crippen LogP contribution in [0.1, 0.15) is 79.8 Å². The summed E-state index contributed by atoms with van der Waals surface area (Å²) in [6.45, 7) is 8.86. The third-order valence-electron chi connectivity index (χ3n) is 11.5. The minimum absolute atomic E-state index is 0.142. The van der Waals surface area contributed by atoms with Gasteiger partial charge < -0.3 is 43.7 Å². The third-order valence-corrected chi connectivity index (χ3v) is 11.5. The van der Waals surface area contributed by atoms with E-state index in [-0.39, 0.29) is 59.2 Å². The number of methoxy groups -OCH3 is 6. The highest BCUT2D eigenvalue weighted by molar-refractivity contribution is 5.48. The van der Waals surface area contributed by atoms with E-state index < -0.39 is 0 Å². The van der Waals surface area contributed by atoms with E-state index in [1.54, 1.807) is 42.7 Å². The van der Waals surface area contributed by atoms with Gasteiger partial charge in [0.15, 0.2) is 0 Å². The Hall–Kier alpha value is -2.92. The predicted octanol–water partition coefficient (Wildman–Crippen LogP) is 7.63. The van der Waals surface area contributed by atoms with Crippen molar-refractivity contribution in [1.82, 2.24) is 0 Å². The van der Waals surface area contributed by atoms with Crippen molar-refractivity contribution >= 4 is 0 Å². The first kappa shape index (κ1) is 39.9. The normalized spacial score (nSPS) is 22.6. The molecule has 0 aliphatic heterocycles. The fourth-order valence-corrected chi connectivity index (χ4v) is 8.49. The topological polar surface area (TPSA) is 116 Å². The number of phenolic OH excluding ortho intramolecular Hbond substituents is 2. The lowest BCUT2D eigenvalue weighted by Crippen LogP contribution is -2.44. The molecule has 0 amide bonds. The fourth-order valence-electron chi connectivity index (χ4n) is 8.49. The van der Waals surface area contributed by atoms with Crippen LogP contribution in [-0.4, -0.2) is 71.2 Å². The minimum Gasteiger partial charge on any atom is -0.512 e. The average molecular weight is 697 g/mol. The monoisotopic (exact) mass is 696 g/mol. The number of ether oxygens (including phenoxy) is 6. The number of hydrogen-bond acceptors (Lipinski definition) is 9. The molecule has 278 valence electrons. The van der Waals surface area contributed by atoms with Crippen molar-refractivity contribution in [3.63, 3.8) is 0 Å². The Bertz CT molecular complexity index is 1440. The molecular weight excluding hydrogens is 636 g/mol. The zero-order chi connectivity index (χ0) is 36.6. The largest absolute Gasteiger partial charge is 0.512 e. The number of aliphatic hydroxyl groups is 1. The Morgan fingerprint density at radius 1 is 0.600 bits per heavy atom. The first-order valence-corrected chi connectivity index (χ1v) is 17.6. The molecule has 2 aromatic carbocycles. The van der Waals surface area contributed by atoms with Crippen molar-refractivity contribution < 1.29 is 43.7 Å². The molecule has 9 heteroatoms. The molecule has 2 aliphatic rings. The van der Waals surface area contributed by atoms with Crippen LogP contribution in [0.2, 0.25) is 0 Å². The first-order valence-electron chi connectivity index (χ1n) is 17.6. The van der Waals surface area contributed by atoms with Crippen LogP contribution in [0.15, 0.2) is 47.7 Å². The van der Waals surface area contributed by atoms with Gasteiger partial charge in [-0.2, -0.15) is 0 Å². The van der Waals surface area contributed by atoms with Crippen LogP contribution < -0.4 is 0 Å². The Morgan fingerprint density at radius 2 is 1.04 bits per heavy atom. The fraction of sp³-hybridized carbons (Fsp3) is 0.610. The van der Waals surface area contributed by atoms with Gasteiger partial charge in [0, 0.05) is 76.2 Å². The maximum atomic E-state index is 11.3. The summed E-state index contributed by atoms with van der Waals surface area (Å²) in [5, 5.41) is 33.4. The Morgan fingerprint density at radius 3 is 1.46 bits per heavy atom. The Kier molecular flexibility index (Phi) is 14.0. The maximum Gasteiger partial charge on any atom is 0.126 e. The number of rotatable bonds is 17. The van der Waals surface area contributed by atoms with Crippen molar-refractivity contribution in [2.45, 2.75) is 83.7 Å². The average Bonchev–Trinajstić information content (AvgIpc) is 3.10. The summed E-state index contributed by atoms with van der Waals surface area (Å²) in [5.41, 5.74) is 5.52. The molecule has 0 spiro atoms. The number of hydrogen-bond donors (Lipinski definition) is 3. The van der Waals surface area contributed by atoms with Crippen LogP contribution in [0.3, 0.4) is 0 Å². The molecule has 4 rings (SSSR count). The summed E-state index contributed by atoms with van der Waals surface area (Å²) in [6.07, 6.45) is 8.12. The van der Waals surface area contributed by atoms with E-state index in [1.165, 1.54) is 0 Å². The van der Waals surface area contributed by atoms with E-state index >= 15 is 0 Å².